The van der Waals surface area contributed by atoms with Crippen molar-refractivity contribution < 1.29 is 18.7 Å². The Morgan fingerprint density at radius 2 is 1.85 bits per heavy atom. The summed E-state index contributed by atoms with van der Waals surface area (Å²) in [6, 6.07) is 6.86. The highest BCUT2D eigenvalue weighted by molar-refractivity contribution is 6.03. The SMILES string of the molecule is Cc1nc(CC(C)C)oc1C(=O)Nc1ccc(C(=O)N2CCOCC2)cc1. The monoisotopic (exact) mass is 371 g/mol. The Hall–Kier alpha value is -2.67. The maximum absolute atomic E-state index is 12.5. The number of hydrogen-bond donors (Lipinski definition) is 1. The van der Waals surface area contributed by atoms with Gasteiger partial charge in [-0.05, 0) is 37.1 Å². The lowest BCUT2D eigenvalue weighted by atomic mass is 10.1. The Bertz CT molecular complexity index is 805. The van der Waals surface area contributed by atoms with E-state index < -0.39 is 0 Å². The van der Waals surface area contributed by atoms with E-state index in [9.17, 15) is 9.59 Å². The molecule has 1 aliphatic rings. The van der Waals surface area contributed by atoms with Gasteiger partial charge in [0.1, 0.15) is 0 Å². The molecule has 0 saturated carbocycles. The first-order chi connectivity index (χ1) is 12.9. The molecule has 0 atom stereocenters. The fraction of sp³-hybridized carbons (Fsp3) is 0.450. The van der Waals surface area contributed by atoms with Crippen LogP contribution in [0.15, 0.2) is 28.7 Å². The number of morpholine rings is 1. The highest BCUT2D eigenvalue weighted by atomic mass is 16.5. The number of amides is 2. The second-order valence-corrected chi connectivity index (χ2v) is 7.06. The lowest BCUT2D eigenvalue weighted by Crippen LogP contribution is -2.40. The van der Waals surface area contributed by atoms with E-state index in [1.165, 1.54) is 0 Å². The summed E-state index contributed by atoms with van der Waals surface area (Å²) < 4.78 is 10.9. The average molecular weight is 371 g/mol. The van der Waals surface area contributed by atoms with Gasteiger partial charge >= 0.3 is 0 Å². The fourth-order valence-corrected chi connectivity index (χ4v) is 2.93. The van der Waals surface area contributed by atoms with Gasteiger partial charge in [-0.3, -0.25) is 9.59 Å². The van der Waals surface area contributed by atoms with Gasteiger partial charge < -0.3 is 19.4 Å². The Balaban J connectivity index is 1.65. The van der Waals surface area contributed by atoms with Crippen LogP contribution in [0.4, 0.5) is 5.69 Å². The summed E-state index contributed by atoms with van der Waals surface area (Å²) in [5.74, 6) is 0.816. The van der Waals surface area contributed by atoms with Crippen LogP contribution in [0.3, 0.4) is 0 Å². The molecule has 27 heavy (non-hydrogen) atoms. The van der Waals surface area contributed by atoms with E-state index in [4.69, 9.17) is 9.15 Å². The number of nitrogens with zero attached hydrogens (tertiary/aromatic N) is 2. The molecule has 1 fully saturated rings. The largest absolute Gasteiger partial charge is 0.435 e. The molecule has 0 unspecified atom stereocenters. The third-order valence-corrected chi connectivity index (χ3v) is 4.32. The molecule has 2 amide bonds. The Morgan fingerprint density at radius 3 is 2.48 bits per heavy atom. The average Bonchev–Trinajstić information content (AvgIpc) is 3.02. The predicted octanol–water partition coefficient (Wildman–Crippen LogP) is 2.91. The van der Waals surface area contributed by atoms with Crippen molar-refractivity contribution in [3.05, 3.63) is 47.2 Å². The van der Waals surface area contributed by atoms with E-state index in [-0.39, 0.29) is 17.6 Å². The molecular weight excluding hydrogens is 346 g/mol. The van der Waals surface area contributed by atoms with E-state index >= 15 is 0 Å². The third-order valence-electron chi connectivity index (χ3n) is 4.32. The molecule has 1 aliphatic heterocycles. The summed E-state index contributed by atoms with van der Waals surface area (Å²) in [5, 5.41) is 2.79. The highest BCUT2D eigenvalue weighted by Crippen LogP contribution is 2.17. The van der Waals surface area contributed by atoms with Crippen molar-refractivity contribution in [2.45, 2.75) is 27.2 Å². The second kappa shape index (κ2) is 8.35. The number of hydrogen-bond acceptors (Lipinski definition) is 5. The van der Waals surface area contributed by atoms with Crippen LogP contribution in [0.25, 0.3) is 0 Å². The molecule has 1 saturated heterocycles. The smallest absolute Gasteiger partial charge is 0.293 e. The molecule has 3 rings (SSSR count). The number of rotatable bonds is 5. The zero-order chi connectivity index (χ0) is 19.4. The zero-order valence-corrected chi connectivity index (χ0v) is 15.9. The summed E-state index contributed by atoms with van der Waals surface area (Å²) in [4.78, 5) is 31.0. The second-order valence-electron chi connectivity index (χ2n) is 7.06. The summed E-state index contributed by atoms with van der Waals surface area (Å²) in [7, 11) is 0. The maximum atomic E-state index is 12.5. The molecule has 2 aromatic rings. The van der Waals surface area contributed by atoms with Gasteiger partial charge in [-0.15, -0.1) is 0 Å². The number of aryl methyl sites for hydroxylation is 1. The van der Waals surface area contributed by atoms with Crippen LogP contribution >= 0.6 is 0 Å². The van der Waals surface area contributed by atoms with Crippen molar-refractivity contribution in [2.75, 3.05) is 31.6 Å². The first-order valence-corrected chi connectivity index (χ1v) is 9.18. The molecule has 1 N–H and O–H groups in total. The molecule has 7 heteroatoms. The molecule has 2 heterocycles. The van der Waals surface area contributed by atoms with Gasteiger partial charge in [-0.2, -0.15) is 0 Å². The number of anilines is 1. The van der Waals surface area contributed by atoms with Crippen molar-refractivity contribution >= 4 is 17.5 Å². The third kappa shape index (κ3) is 4.74. The minimum Gasteiger partial charge on any atom is -0.435 e. The number of oxazole rings is 1. The van der Waals surface area contributed by atoms with E-state index in [0.717, 1.165) is 0 Å². The predicted molar refractivity (Wildman–Crippen MR) is 101 cm³/mol. The lowest BCUT2D eigenvalue weighted by Gasteiger charge is -2.26. The van der Waals surface area contributed by atoms with Crippen LogP contribution in [0.1, 0.15) is 46.3 Å². The van der Waals surface area contributed by atoms with Gasteiger partial charge in [0.25, 0.3) is 11.8 Å². The summed E-state index contributed by atoms with van der Waals surface area (Å²) in [5.41, 5.74) is 1.76. The topological polar surface area (TPSA) is 84.7 Å². The number of nitrogens with one attached hydrogen (secondary N) is 1. The van der Waals surface area contributed by atoms with Crippen molar-refractivity contribution in [1.29, 1.82) is 0 Å². The van der Waals surface area contributed by atoms with E-state index in [0.29, 0.717) is 61.5 Å². The van der Waals surface area contributed by atoms with Gasteiger partial charge in [-0.1, -0.05) is 13.8 Å². The number of carbonyl (C=O) groups excluding carboxylic acids is 2. The molecule has 0 bridgehead atoms. The first kappa shape index (κ1) is 19.1. The Labute approximate surface area is 158 Å². The van der Waals surface area contributed by atoms with Crippen molar-refractivity contribution in [2.24, 2.45) is 5.92 Å². The summed E-state index contributed by atoms with van der Waals surface area (Å²) in [6.45, 7) is 8.22. The van der Waals surface area contributed by atoms with Gasteiger partial charge in [0.05, 0.1) is 18.9 Å². The Kier molecular flexibility index (Phi) is 5.91. The molecule has 7 nitrogen and oxygen atoms in total. The van der Waals surface area contributed by atoms with Gasteiger partial charge in [0.15, 0.2) is 5.89 Å². The van der Waals surface area contributed by atoms with Gasteiger partial charge in [-0.25, -0.2) is 4.98 Å². The lowest BCUT2D eigenvalue weighted by molar-refractivity contribution is 0.0303. The number of benzene rings is 1. The van der Waals surface area contributed by atoms with Crippen LogP contribution in [0.5, 0.6) is 0 Å². The van der Waals surface area contributed by atoms with Crippen LogP contribution < -0.4 is 5.32 Å². The molecular formula is C20H25N3O4. The van der Waals surface area contributed by atoms with Gasteiger partial charge in [0.2, 0.25) is 5.76 Å². The normalized spacial score (nSPS) is 14.4. The van der Waals surface area contributed by atoms with Crippen LogP contribution in [0, 0.1) is 12.8 Å². The van der Waals surface area contributed by atoms with Crippen LogP contribution in [0.2, 0.25) is 0 Å². The first-order valence-electron chi connectivity index (χ1n) is 9.18. The minimum atomic E-state index is -0.345. The zero-order valence-electron chi connectivity index (χ0n) is 15.9. The molecule has 1 aromatic heterocycles. The number of ether oxygens (including phenoxy) is 1. The quantitative estimate of drug-likeness (QED) is 0.874. The van der Waals surface area contributed by atoms with Crippen molar-refractivity contribution in [3.63, 3.8) is 0 Å². The van der Waals surface area contributed by atoms with Gasteiger partial charge in [0, 0.05) is 30.8 Å². The fourth-order valence-electron chi connectivity index (χ4n) is 2.93. The van der Waals surface area contributed by atoms with Crippen LogP contribution in [-0.2, 0) is 11.2 Å². The summed E-state index contributed by atoms with van der Waals surface area (Å²) >= 11 is 0. The summed E-state index contributed by atoms with van der Waals surface area (Å²) in [6.07, 6.45) is 0.687. The molecule has 0 aliphatic carbocycles. The molecule has 0 spiro atoms. The van der Waals surface area contributed by atoms with E-state index in [1.54, 1.807) is 36.1 Å². The minimum absolute atomic E-state index is 0.0272. The number of carbonyl (C=O) groups is 2. The standard InChI is InChI=1S/C20H25N3O4/c1-13(2)12-17-21-14(3)18(27-17)19(24)22-16-6-4-15(5-7-16)20(25)23-8-10-26-11-9-23/h4-7,13H,8-12H2,1-3H3,(H,22,24). The van der Waals surface area contributed by atoms with E-state index in [2.05, 4.69) is 24.1 Å². The van der Waals surface area contributed by atoms with E-state index in [1.807, 2.05) is 0 Å². The molecule has 144 valence electrons. The Morgan fingerprint density at radius 1 is 1.19 bits per heavy atom. The van der Waals surface area contributed by atoms with Crippen molar-refractivity contribution in [1.82, 2.24) is 9.88 Å². The maximum Gasteiger partial charge on any atom is 0.293 e. The highest BCUT2D eigenvalue weighted by Gasteiger charge is 2.20. The number of aromatic nitrogens is 1. The molecule has 0 radical (unpaired) electrons. The molecule has 1 aromatic carbocycles. The van der Waals surface area contributed by atoms with Crippen LogP contribution in [-0.4, -0.2) is 48.0 Å². The van der Waals surface area contributed by atoms with Crippen molar-refractivity contribution in [3.8, 4) is 0 Å².